The lowest BCUT2D eigenvalue weighted by Gasteiger charge is -2.14. The summed E-state index contributed by atoms with van der Waals surface area (Å²) >= 11 is 3.44. The summed E-state index contributed by atoms with van der Waals surface area (Å²) < 4.78 is 6.47. The molecule has 0 radical (unpaired) electrons. The van der Waals surface area contributed by atoms with E-state index in [1.165, 1.54) is 0 Å². The predicted molar refractivity (Wildman–Crippen MR) is 84.2 cm³/mol. The second-order valence-electron chi connectivity index (χ2n) is 5.09. The first-order valence-electron chi connectivity index (χ1n) is 6.95. The number of aliphatic hydroxyl groups excluding tert-OH is 2. The fourth-order valence-electron chi connectivity index (χ4n) is 1.76. The summed E-state index contributed by atoms with van der Waals surface area (Å²) in [6, 6.07) is 5.85. The second-order valence-corrected chi connectivity index (χ2v) is 5.95. The lowest BCUT2D eigenvalue weighted by Crippen LogP contribution is -2.32. The number of halogens is 1. The van der Waals surface area contributed by atoms with Gasteiger partial charge in [0.25, 0.3) is 0 Å². The van der Waals surface area contributed by atoms with Gasteiger partial charge in [-0.15, -0.1) is 0 Å². The molecule has 0 saturated carbocycles. The Morgan fingerprint density at radius 2 is 2.10 bits per heavy atom. The van der Waals surface area contributed by atoms with Crippen LogP contribution in [0, 0.1) is 6.92 Å². The molecular formula is C15H24BrNO3. The van der Waals surface area contributed by atoms with Crippen molar-refractivity contribution < 1.29 is 14.9 Å². The Bertz CT molecular complexity index is 399. The second kappa shape index (κ2) is 9.34. The molecule has 20 heavy (non-hydrogen) atoms. The van der Waals surface area contributed by atoms with E-state index in [0.29, 0.717) is 6.54 Å². The van der Waals surface area contributed by atoms with E-state index in [-0.39, 0.29) is 12.7 Å². The van der Waals surface area contributed by atoms with Crippen molar-refractivity contribution in [2.75, 3.05) is 19.7 Å². The zero-order chi connectivity index (χ0) is 15.0. The van der Waals surface area contributed by atoms with E-state index < -0.39 is 6.10 Å². The van der Waals surface area contributed by atoms with Crippen molar-refractivity contribution in [3.05, 3.63) is 28.2 Å². The maximum Gasteiger partial charge on any atom is 0.133 e. The highest BCUT2D eigenvalue weighted by Crippen LogP contribution is 2.25. The molecule has 2 unspecified atom stereocenters. The Morgan fingerprint density at radius 3 is 2.75 bits per heavy atom. The van der Waals surface area contributed by atoms with Gasteiger partial charge in [0.05, 0.1) is 10.6 Å². The van der Waals surface area contributed by atoms with E-state index >= 15 is 0 Å². The molecule has 0 heterocycles. The van der Waals surface area contributed by atoms with Crippen LogP contribution in [-0.2, 0) is 0 Å². The van der Waals surface area contributed by atoms with E-state index in [1.54, 1.807) is 6.92 Å². The van der Waals surface area contributed by atoms with Crippen molar-refractivity contribution in [3.63, 3.8) is 0 Å². The number of hydrogen-bond acceptors (Lipinski definition) is 4. The zero-order valence-corrected chi connectivity index (χ0v) is 13.7. The van der Waals surface area contributed by atoms with Gasteiger partial charge < -0.3 is 20.3 Å². The van der Waals surface area contributed by atoms with Crippen molar-refractivity contribution in [3.8, 4) is 5.75 Å². The number of nitrogens with one attached hydrogen (secondary N) is 1. The molecule has 114 valence electrons. The quantitative estimate of drug-likeness (QED) is 0.600. The van der Waals surface area contributed by atoms with E-state index in [1.807, 2.05) is 25.1 Å². The van der Waals surface area contributed by atoms with Gasteiger partial charge in [-0.2, -0.15) is 0 Å². The number of hydrogen-bond donors (Lipinski definition) is 3. The van der Waals surface area contributed by atoms with Crippen molar-refractivity contribution in [2.45, 2.75) is 38.9 Å². The summed E-state index contributed by atoms with van der Waals surface area (Å²) in [4.78, 5) is 0. The molecule has 0 aromatic heterocycles. The zero-order valence-electron chi connectivity index (χ0n) is 12.1. The molecule has 1 rings (SSSR count). The average Bonchev–Trinajstić information content (AvgIpc) is 2.37. The Morgan fingerprint density at radius 1 is 1.35 bits per heavy atom. The van der Waals surface area contributed by atoms with Crippen LogP contribution in [0.3, 0.4) is 0 Å². The van der Waals surface area contributed by atoms with Gasteiger partial charge in [-0.05, 0) is 66.9 Å². The summed E-state index contributed by atoms with van der Waals surface area (Å²) in [5.41, 5.74) is 1.16. The van der Waals surface area contributed by atoms with Crippen LogP contribution in [0.15, 0.2) is 22.7 Å². The molecule has 1 aromatic rings. The predicted octanol–water partition coefficient (Wildman–Crippen LogP) is 2.25. The fourth-order valence-corrected chi connectivity index (χ4v) is 2.37. The van der Waals surface area contributed by atoms with Crippen molar-refractivity contribution >= 4 is 15.9 Å². The van der Waals surface area contributed by atoms with Gasteiger partial charge in [0.15, 0.2) is 0 Å². The van der Waals surface area contributed by atoms with E-state index in [2.05, 4.69) is 21.2 Å². The molecule has 0 saturated heterocycles. The van der Waals surface area contributed by atoms with E-state index in [4.69, 9.17) is 9.84 Å². The van der Waals surface area contributed by atoms with Crippen molar-refractivity contribution in [1.82, 2.24) is 5.32 Å². The lowest BCUT2D eigenvalue weighted by atomic mass is 10.2. The van der Waals surface area contributed by atoms with Gasteiger partial charge in [0.1, 0.15) is 18.5 Å². The first-order valence-corrected chi connectivity index (χ1v) is 7.74. The molecular weight excluding hydrogens is 322 g/mol. The van der Waals surface area contributed by atoms with Crippen LogP contribution in [-0.4, -0.2) is 42.1 Å². The summed E-state index contributed by atoms with van der Waals surface area (Å²) in [5, 5.41) is 22.1. The van der Waals surface area contributed by atoms with Crippen molar-refractivity contribution in [2.24, 2.45) is 0 Å². The number of rotatable bonds is 9. The van der Waals surface area contributed by atoms with Crippen LogP contribution < -0.4 is 10.1 Å². The third-order valence-corrected chi connectivity index (χ3v) is 3.49. The minimum atomic E-state index is -0.547. The Hall–Kier alpha value is -0.620. The van der Waals surface area contributed by atoms with Gasteiger partial charge in [-0.3, -0.25) is 0 Å². The number of aryl methyl sites for hydroxylation is 1. The van der Waals surface area contributed by atoms with Crippen molar-refractivity contribution in [1.29, 1.82) is 0 Å². The van der Waals surface area contributed by atoms with Crippen LogP contribution >= 0.6 is 15.9 Å². The molecule has 0 aliphatic heterocycles. The fraction of sp³-hybridized carbons (Fsp3) is 0.600. The summed E-state index contributed by atoms with van der Waals surface area (Å²) in [6.07, 6.45) is 0.865. The van der Waals surface area contributed by atoms with Gasteiger partial charge in [0, 0.05) is 6.54 Å². The highest BCUT2D eigenvalue weighted by Gasteiger charge is 2.07. The third-order valence-electron chi connectivity index (χ3n) is 2.87. The Labute approximate surface area is 129 Å². The normalized spacial score (nSPS) is 14.1. The molecule has 0 aliphatic carbocycles. The summed E-state index contributed by atoms with van der Waals surface area (Å²) in [7, 11) is 0. The lowest BCUT2D eigenvalue weighted by molar-refractivity contribution is 0.105. The van der Waals surface area contributed by atoms with Gasteiger partial charge in [0.2, 0.25) is 0 Å². The Kier molecular flexibility index (Phi) is 8.14. The maximum atomic E-state index is 9.81. The van der Waals surface area contributed by atoms with Crippen LogP contribution in [0.25, 0.3) is 0 Å². The number of ether oxygens (including phenoxy) is 1. The molecule has 4 nitrogen and oxygen atoms in total. The molecule has 0 amide bonds. The topological polar surface area (TPSA) is 61.7 Å². The molecule has 0 spiro atoms. The monoisotopic (exact) mass is 345 g/mol. The molecule has 0 aliphatic rings. The minimum Gasteiger partial charge on any atom is -0.490 e. The minimum absolute atomic E-state index is 0.255. The molecule has 3 N–H and O–H groups in total. The molecule has 0 fully saturated rings. The molecule has 2 atom stereocenters. The van der Waals surface area contributed by atoms with Gasteiger partial charge in [-0.1, -0.05) is 6.07 Å². The number of aliphatic hydroxyl groups is 2. The SMILES string of the molecule is Cc1ccc(OCC(O)CNCCCC(C)O)c(Br)c1. The Balaban J connectivity index is 2.18. The first kappa shape index (κ1) is 17.4. The number of benzene rings is 1. The summed E-state index contributed by atoms with van der Waals surface area (Å²) in [5.74, 6) is 0.740. The smallest absolute Gasteiger partial charge is 0.133 e. The molecule has 0 bridgehead atoms. The van der Waals surface area contributed by atoms with Gasteiger partial charge in [-0.25, -0.2) is 0 Å². The van der Waals surface area contributed by atoms with Crippen LogP contribution in [0.1, 0.15) is 25.3 Å². The summed E-state index contributed by atoms with van der Waals surface area (Å²) in [6.45, 7) is 5.33. The standard InChI is InChI=1S/C15H24BrNO3/c1-11-5-6-15(14(16)8-11)20-10-13(19)9-17-7-3-4-12(2)18/h5-6,8,12-13,17-19H,3-4,7,9-10H2,1-2H3. The van der Waals surface area contributed by atoms with Crippen LogP contribution in [0.2, 0.25) is 0 Å². The average molecular weight is 346 g/mol. The van der Waals surface area contributed by atoms with Crippen LogP contribution in [0.5, 0.6) is 5.75 Å². The molecule has 1 aromatic carbocycles. The highest BCUT2D eigenvalue weighted by atomic mass is 79.9. The van der Waals surface area contributed by atoms with Gasteiger partial charge >= 0.3 is 0 Å². The maximum absolute atomic E-state index is 9.81. The largest absolute Gasteiger partial charge is 0.490 e. The molecule has 5 heteroatoms. The van der Waals surface area contributed by atoms with Crippen LogP contribution in [0.4, 0.5) is 0 Å². The van der Waals surface area contributed by atoms with E-state index in [9.17, 15) is 5.11 Å². The highest BCUT2D eigenvalue weighted by molar-refractivity contribution is 9.10. The van der Waals surface area contributed by atoms with E-state index in [0.717, 1.165) is 35.2 Å². The first-order chi connectivity index (χ1) is 9.49. The third kappa shape index (κ3) is 7.24.